The lowest BCUT2D eigenvalue weighted by Gasteiger charge is -2.05. The van der Waals surface area contributed by atoms with Crippen LogP contribution in [0.1, 0.15) is 0 Å². The molecule has 8 heteroatoms. The molecule has 4 rings (SSSR count). The van der Waals surface area contributed by atoms with Crippen LogP contribution in [0.15, 0.2) is 29.1 Å². The molecule has 21 heavy (non-hydrogen) atoms. The Balaban J connectivity index is 1.85. The predicted octanol–water partition coefficient (Wildman–Crippen LogP) is 0.346. The quantitative estimate of drug-likeness (QED) is 0.826. The third-order valence-corrected chi connectivity index (χ3v) is 5.36. The molecule has 0 bridgehead atoms. The maximum absolute atomic E-state index is 12.4. The van der Waals surface area contributed by atoms with Gasteiger partial charge in [0.15, 0.2) is 0 Å². The van der Waals surface area contributed by atoms with Gasteiger partial charge >= 0.3 is 16.0 Å². The number of para-hydroxylation sites is 2. The maximum Gasteiger partial charge on any atom is 0.368 e. The van der Waals surface area contributed by atoms with Crippen molar-refractivity contribution in [2.45, 2.75) is 6.54 Å². The highest BCUT2D eigenvalue weighted by molar-refractivity contribution is 7.84. The monoisotopic (exact) mass is 310 g/mol. The van der Waals surface area contributed by atoms with E-state index in [1.807, 2.05) is 0 Å². The molecule has 1 saturated carbocycles. The van der Waals surface area contributed by atoms with Crippen molar-refractivity contribution in [2.24, 2.45) is 17.8 Å². The number of rotatable bonds is 3. The summed E-state index contributed by atoms with van der Waals surface area (Å²) >= 11 is 0. The molecule has 2 atom stereocenters. The minimum atomic E-state index is -4.61. The zero-order chi connectivity index (χ0) is 14.8. The third kappa shape index (κ3) is 1.86. The average molecular weight is 310 g/mol. The van der Waals surface area contributed by atoms with Crippen molar-refractivity contribution >= 4 is 21.3 Å². The van der Waals surface area contributed by atoms with E-state index in [1.54, 1.807) is 18.2 Å². The van der Waals surface area contributed by atoms with Gasteiger partial charge < -0.3 is 4.74 Å². The number of aromatic nitrogens is 2. The third-order valence-electron chi connectivity index (χ3n) is 4.55. The first-order valence-electron chi connectivity index (χ1n) is 6.74. The highest BCUT2D eigenvalue weighted by Crippen LogP contribution is 2.51. The van der Waals surface area contributed by atoms with Gasteiger partial charge in [-0.1, -0.05) is 12.1 Å². The van der Waals surface area contributed by atoms with E-state index in [0.29, 0.717) is 47.0 Å². The first-order chi connectivity index (χ1) is 9.98. The van der Waals surface area contributed by atoms with Crippen LogP contribution in [0.2, 0.25) is 0 Å². The molecule has 1 N–H and O–H groups in total. The number of imidazole rings is 1. The second-order valence-electron chi connectivity index (χ2n) is 5.65. The molecular formula is C13H14N2O5S. The van der Waals surface area contributed by atoms with Gasteiger partial charge in [0.1, 0.15) is 0 Å². The van der Waals surface area contributed by atoms with Gasteiger partial charge in [-0.15, -0.1) is 0 Å². The van der Waals surface area contributed by atoms with Gasteiger partial charge in [0, 0.05) is 6.54 Å². The van der Waals surface area contributed by atoms with Crippen LogP contribution in [-0.2, 0) is 21.6 Å². The second kappa shape index (κ2) is 4.19. The Labute approximate surface area is 120 Å². The molecule has 2 aliphatic rings. The minimum absolute atomic E-state index is 0.201. The Morgan fingerprint density at radius 3 is 2.43 bits per heavy atom. The molecule has 1 aliphatic heterocycles. The fraction of sp³-hybridized carbons (Fsp3) is 0.462. The van der Waals surface area contributed by atoms with Crippen LogP contribution in [0, 0.1) is 17.8 Å². The van der Waals surface area contributed by atoms with Crippen molar-refractivity contribution in [2.75, 3.05) is 13.2 Å². The SMILES string of the molecule is O=c1n(CC2C3COCC32)c2ccccc2n1S(=O)(=O)O. The molecule has 0 spiro atoms. The van der Waals surface area contributed by atoms with Gasteiger partial charge in [0.2, 0.25) is 0 Å². The van der Waals surface area contributed by atoms with Crippen molar-refractivity contribution in [3.05, 3.63) is 34.7 Å². The molecule has 2 fully saturated rings. The summed E-state index contributed by atoms with van der Waals surface area (Å²) in [6.45, 7) is 1.88. The van der Waals surface area contributed by atoms with Crippen LogP contribution >= 0.6 is 0 Å². The molecule has 7 nitrogen and oxygen atoms in total. The summed E-state index contributed by atoms with van der Waals surface area (Å²) < 4.78 is 39.4. The summed E-state index contributed by atoms with van der Waals surface area (Å²) in [4.78, 5) is 12.4. The fourth-order valence-electron chi connectivity index (χ4n) is 3.42. The Morgan fingerprint density at radius 2 is 1.81 bits per heavy atom. The zero-order valence-corrected chi connectivity index (χ0v) is 11.9. The number of hydrogen-bond acceptors (Lipinski definition) is 4. The van der Waals surface area contributed by atoms with Crippen molar-refractivity contribution < 1.29 is 17.7 Å². The number of hydrogen-bond donors (Lipinski definition) is 1. The molecule has 1 aromatic heterocycles. The van der Waals surface area contributed by atoms with E-state index in [-0.39, 0.29) is 5.52 Å². The van der Waals surface area contributed by atoms with Gasteiger partial charge in [-0.3, -0.25) is 9.12 Å². The maximum atomic E-state index is 12.4. The van der Waals surface area contributed by atoms with Crippen molar-refractivity contribution in [1.82, 2.24) is 8.54 Å². The normalized spacial score (nSPS) is 28.0. The largest absolute Gasteiger partial charge is 0.381 e. The molecule has 1 aliphatic carbocycles. The molecule has 0 amide bonds. The summed E-state index contributed by atoms with van der Waals surface area (Å²) in [5.74, 6) is 1.27. The highest BCUT2D eigenvalue weighted by atomic mass is 32.2. The van der Waals surface area contributed by atoms with Crippen molar-refractivity contribution in [1.29, 1.82) is 0 Å². The summed E-state index contributed by atoms with van der Waals surface area (Å²) in [6.07, 6.45) is 0. The molecule has 0 radical (unpaired) electrons. The van der Waals surface area contributed by atoms with Crippen LogP contribution in [0.4, 0.5) is 0 Å². The molecule has 2 unspecified atom stereocenters. The lowest BCUT2D eigenvalue weighted by Crippen LogP contribution is -2.30. The Bertz CT molecular complexity index is 872. The highest BCUT2D eigenvalue weighted by Gasteiger charge is 2.54. The van der Waals surface area contributed by atoms with E-state index >= 15 is 0 Å². The average Bonchev–Trinajstić information content (AvgIpc) is 2.78. The van der Waals surface area contributed by atoms with Gasteiger partial charge in [0.05, 0.1) is 24.2 Å². The standard InChI is InChI=1S/C13H14N2O5S/c16-13-14(5-8-9-6-20-7-10(8)9)11-3-1-2-4-12(11)15(13)21(17,18)19/h1-4,8-10H,5-7H2,(H,17,18,19). The summed E-state index contributed by atoms with van der Waals surface area (Å²) in [5.41, 5.74) is 0.00247. The van der Waals surface area contributed by atoms with Crippen LogP contribution in [0.3, 0.4) is 0 Å². The zero-order valence-electron chi connectivity index (χ0n) is 11.0. The predicted molar refractivity (Wildman–Crippen MR) is 74.4 cm³/mol. The first-order valence-corrected chi connectivity index (χ1v) is 8.14. The van der Waals surface area contributed by atoms with Crippen LogP contribution in [0.5, 0.6) is 0 Å². The fourth-order valence-corrected chi connectivity index (χ4v) is 4.12. The topological polar surface area (TPSA) is 90.5 Å². The lowest BCUT2D eigenvalue weighted by molar-refractivity contribution is 0.148. The number of ether oxygens (including phenoxy) is 1. The Morgan fingerprint density at radius 1 is 1.19 bits per heavy atom. The van der Waals surface area contributed by atoms with Crippen molar-refractivity contribution in [3.63, 3.8) is 0 Å². The van der Waals surface area contributed by atoms with Gasteiger partial charge in [-0.25, -0.2) is 4.79 Å². The van der Waals surface area contributed by atoms with Gasteiger partial charge in [-0.05, 0) is 29.9 Å². The summed E-state index contributed by atoms with van der Waals surface area (Å²) in [7, 11) is -4.61. The smallest absolute Gasteiger partial charge is 0.368 e. The number of fused-ring (bicyclic) bond motifs is 2. The van der Waals surface area contributed by atoms with E-state index in [1.165, 1.54) is 10.6 Å². The van der Waals surface area contributed by atoms with Crippen LogP contribution in [0.25, 0.3) is 11.0 Å². The summed E-state index contributed by atoms with van der Waals surface area (Å²) in [6, 6.07) is 6.57. The molecule has 112 valence electrons. The van der Waals surface area contributed by atoms with Crippen LogP contribution < -0.4 is 5.69 Å². The number of nitrogens with zero attached hydrogens (tertiary/aromatic N) is 2. The molecule has 2 heterocycles. The Kier molecular flexibility index (Phi) is 2.60. The van der Waals surface area contributed by atoms with E-state index in [0.717, 1.165) is 0 Å². The molecular weight excluding hydrogens is 296 g/mol. The molecule has 2 aromatic rings. The van der Waals surface area contributed by atoms with Crippen LogP contribution in [-0.4, -0.2) is 34.7 Å². The molecule has 1 aromatic carbocycles. The minimum Gasteiger partial charge on any atom is -0.381 e. The van der Waals surface area contributed by atoms with E-state index in [9.17, 15) is 17.8 Å². The lowest BCUT2D eigenvalue weighted by atomic mass is 10.3. The first kappa shape index (κ1) is 13.1. The van der Waals surface area contributed by atoms with Crippen molar-refractivity contribution in [3.8, 4) is 0 Å². The number of benzene rings is 1. The molecule has 1 saturated heterocycles. The van der Waals surface area contributed by atoms with E-state index in [4.69, 9.17) is 4.74 Å². The second-order valence-corrected chi connectivity index (χ2v) is 6.91. The van der Waals surface area contributed by atoms with E-state index < -0.39 is 16.0 Å². The Hall–Kier alpha value is -1.64. The van der Waals surface area contributed by atoms with Gasteiger partial charge in [-0.2, -0.15) is 12.4 Å². The van der Waals surface area contributed by atoms with Gasteiger partial charge in [0.25, 0.3) is 0 Å². The van der Waals surface area contributed by atoms with E-state index in [2.05, 4.69) is 0 Å². The summed E-state index contributed by atoms with van der Waals surface area (Å²) in [5, 5.41) is 0.